The molecule has 1 amide bonds. The maximum Gasteiger partial charge on any atom is 0.269 e. The lowest BCUT2D eigenvalue weighted by Gasteiger charge is -2.13. The van der Waals surface area contributed by atoms with Crippen LogP contribution in [-0.4, -0.2) is 32.4 Å². The number of hydrogen-bond donors (Lipinski definition) is 2. The number of carbonyl (C=O) groups is 1. The number of nitrogens with zero attached hydrogens (tertiary/aromatic N) is 1. The number of anilines is 1. The van der Waals surface area contributed by atoms with Gasteiger partial charge in [0.1, 0.15) is 5.75 Å². The molecule has 154 valence electrons. The fourth-order valence-electron chi connectivity index (χ4n) is 2.38. The second kappa shape index (κ2) is 9.30. The number of nitro groups is 1. The Hall–Kier alpha value is -3.24. The second-order valence-corrected chi connectivity index (χ2v) is 8.02. The van der Waals surface area contributed by atoms with Crippen molar-refractivity contribution in [2.24, 2.45) is 0 Å². The predicted molar refractivity (Wildman–Crippen MR) is 109 cm³/mol. The van der Waals surface area contributed by atoms with Crippen molar-refractivity contribution in [1.82, 2.24) is 4.72 Å². The topological polar surface area (TPSA) is 128 Å². The lowest BCUT2D eigenvalue weighted by molar-refractivity contribution is -0.384. The highest BCUT2D eigenvalue weighted by Crippen LogP contribution is 2.27. The van der Waals surface area contributed by atoms with E-state index in [-0.39, 0.29) is 22.3 Å². The second-order valence-electron chi connectivity index (χ2n) is 6.31. The largest absolute Gasteiger partial charge is 0.495 e. The van der Waals surface area contributed by atoms with Crippen molar-refractivity contribution >= 4 is 33.4 Å². The van der Waals surface area contributed by atoms with Crippen LogP contribution in [0.2, 0.25) is 0 Å². The summed E-state index contributed by atoms with van der Waals surface area (Å²) in [6.07, 6.45) is 2.71. The van der Waals surface area contributed by atoms with Gasteiger partial charge in [0.15, 0.2) is 0 Å². The summed E-state index contributed by atoms with van der Waals surface area (Å²) < 4.78 is 32.3. The van der Waals surface area contributed by atoms with Crippen LogP contribution in [0.3, 0.4) is 0 Å². The zero-order valence-corrected chi connectivity index (χ0v) is 16.9. The van der Waals surface area contributed by atoms with Crippen LogP contribution in [0.25, 0.3) is 6.08 Å². The molecule has 0 heterocycles. The average Bonchev–Trinajstić information content (AvgIpc) is 2.65. The highest BCUT2D eigenvalue weighted by molar-refractivity contribution is 7.89. The Morgan fingerprint density at radius 3 is 2.38 bits per heavy atom. The zero-order chi connectivity index (χ0) is 21.6. The van der Waals surface area contributed by atoms with Gasteiger partial charge in [-0.2, -0.15) is 0 Å². The van der Waals surface area contributed by atoms with E-state index >= 15 is 0 Å². The van der Waals surface area contributed by atoms with Gasteiger partial charge in [0.25, 0.3) is 5.69 Å². The standard InChI is InChI=1S/C19H21N3O6S/c1-13(2)21-29(26,27)16-9-10-18(28-3)17(12-16)20-19(23)11-6-14-4-7-15(8-5-14)22(24)25/h4-13,21H,1-3H3,(H,20,23)/b11-6+. The predicted octanol–water partition coefficient (Wildman–Crippen LogP) is 2.94. The van der Waals surface area contributed by atoms with Gasteiger partial charge in [-0.25, -0.2) is 13.1 Å². The van der Waals surface area contributed by atoms with E-state index < -0.39 is 20.9 Å². The first-order valence-electron chi connectivity index (χ1n) is 8.56. The van der Waals surface area contributed by atoms with Gasteiger partial charge in [-0.1, -0.05) is 0 Å². The molecule has 9 nitrogen and oxygen atoms in total. The molecular formula is C19H21N3O6S. The molecule has 2 rings (SSSR count). The third-order valence-electron chi connectivity index (χ3n) is 3.66. The Balaban J connectivity index is 2.20. The normalized spacial score (nSPS) is 11.6. The van der Waals surface area contributed by atoms with Crippen LogP contribution < -0.4 is 14.8 Å². The maximum atomic E-state index is 12.3. The van der Waals surface area contributed by atoms with Crippen molar-refractivity contribution in [3.63, 3.8) is 0 Å². The lowest BCUT2D eigenvalue weighted by atomic mass is 10.2. The summed E-state index contributed by atoms with van der Waals surface area (Å²) in [5.74, 6) is -0.224. The monoisotopic (exact) mass is 419 g/mol. The molecule has 0 saturated heterocycles. The Kier molecular flexibility index (Phi) is 7.08. The van der Waals surface area contributed by atoms with Crippen molar-refractivity contribution in [2.75, 3.05) is 12.4 Å². The molecule has 0 aliphatic rings. The van der Waals surface area contributed by atoms with Crippen LogP contribution in [-0.2, 0) is 14.8 Å². The lowest BCUT2D eigenvalue weighted by Crippen LogP contribution is -2.30. The number of hydrogen-bond acceptors (Lipinski definition) is 6. The third kappa shape index (κ3) is 6.13. The molecule has 0 radical (unpaired) electrons. The summed E-state index contributed by atoms with van der Waals surface area (Å²) >= 11 is 0. The summed E-state index contributed by atoms with van der Waals surface area (Å²) in [4.78, 5) is 22.4. The number of nitro benzene ring substituents is 1. The maximum absolute atomic E-state index is 12.3. The molecule has 0 saturated carbocycles. The van der Waals surface area contributed by atoms with Gasteiger partial charge in [-0.15, -0.1) is 0 Å². The van der Waals surface area contributed by atoms with Crippen LogP contribution >= 0.6 is 0 Å². The Morgan fingerprint density at radius 2 is 1.83 bits per heavy atom. The van der Waals surface area contributed by atoms with Gasteiger partial charge in [0.05, 0.1) is 22.6 Å². The van der Waals surface area contributed by atoms with E-state index in [9.17, 15) is 23.3 Å². The number of non-ortho nitro benzene ring substituents is 1. The van der Waals surface area contributed by atoms with Crippen molar-refractivity contribution < 1.29 is 22.9 Å². The molecule has 0 fully saturated rings. The molecule has 0 aliphatic heterocycles. The SMILES string of the molecule is COc1ccc(S(=O)(=O)NC(C)C)cc1NC(=O)/C=C/c1ccc([N+](=O)[O-])cc1. The molecule has 0 atom stereocenters. The molecule has 2 N–H and O–H groups in total. The Morgan fingerprint density at radius 1 is 1.17 bits per heavy atom. The number of nitrogens with one attached hydrogen (secondary N) is 2. The fraction of sp³-hybridized carbons (Fsp3) is 0.211. The molecule has 29 heavy (non-hydrogen) atoms. The summed E-state index contributed by atoms with van der Waals surface area (Å²) in [7, 11) is -2.34. The van der Waals surface area contributed by atoms with Crippen molar-refractivity contribution in [3.8, 4) is 5.75 Å². The Bertz CT molecular complexity index is 1030. The third-order valence-corrected chi connectivity index (χ3v) is 5.32. The van der Waals surface area contributed by atoms with Gasteiger partial charge in [0.2, 0.25) is 15.9 Å². The van der Waals surface area contributed by atoms with Crippen LogP contribution in [0.5, 0.6) is 5.75 Å². The van der Waals surface area contributed by atoms with E-state index in [1.54, 1.807) is 13.8 Å². The van der Waals surface area contributed by atoms with Crippen LogP contribution in [0.15, 0.2) is 53.4 Å². The quantitative estimate of drug-likeness (QED) is 0.385. The molecule has 0 unspecified atom stereocenters. The number of amides is 1. The first-order chi connectivity index (χ1) is 13.6. The van der Waals surface area contributed by atoms with Crippen molar-refractivity contribution in [3.05, 3.63) is 64.2 Å². The molecule has 0 aromatic heterocycles. The smallest absolute Gasteiger partial charge is 0.269 e. The first-order valence-corrected chi connectivity index (χ1v) is 10.0. The zero-order valence-electron chi connectivity index (χ0n) is 16.1. The Labute approximate surface area is 168 Å². The number of sulfonamides is 1. The molecule has 0 aliphatic carbocycles. The summed E-state index contributed by atoms with van der Waals surface area (Å²) in [6, 6.07) is 9.52. The minimum absolute atomic E-state index is 0.0124. The van der Waals surface area contributed by atoms with Gasteiger partial charge >= 0.3 is 0 Å². The molecular weight excluding hydrogens is 398 g/mol. The van der Waals surface area contributed by atoms with Crippen molar-refractivity contribution in [1.29, 1.82) is 0 Å². The van der Waals surface area contributed by atoms with Crippen molar-refractivity contribution in [2.45, 2.75) is 24.8 Å². The van der Waals surface area contributed by atoms with Gasteiger partial charge in [-0.05, 0) is 55.8 Å². The molecule has 0 bridgehead atoms. The van der Waals surface area contributed by atoms with E-state index in [1.165, 1.54) is 61.7 Å². The summed E-state index contributed by atoms with van der Waals surface area (Å²) in [5, 5.41) is 13.2. The first kappa shape index (κ1) is 22.1. The highest BCUT2D eigenvalue weighted by atomic mass is 32.2. The summed E-state index contributed by atoms with van der Waals surface area (Å²) in [6.45, 7) is 3.40. The number of ether oxygens (including phenoxy) is 1. The molecule has 2 aromatic carbocycles. The number of carbonyl (C=O) groups excluding carboxylic acids is 1. The minimum atomic E-state index is -3.74. The molecule has 10 heteroatoms. The summed E-state index contributed by atoms with van der Waals surface area (Å²) in [5.41, 5.74) is 0.733. The minimum Gasteiger partial charge on any atom is -0.495 e. The van der Waals surface area contributed by atoms with Crippen LogP contribution in [0.1, 0.15) is 19.4 Å². The van der Waals surface area contributed by atoms with Gasteiger partial charge in [0, 0.05) is 24.3 Å². The van der Waals surface area contributed by atoms with E-state index in [0.717, 1.165) is 0 Å². The van der Waals surface area contributed by atoms with Crippen LogP contribution in [0.4, 0.5) is 11.4 Å². The fourth-order valence-corrected chi connectivity index (χ4v) is 3.66. The van der Waals surface area contributed by atoms with Crippen LogP contribution in [0, 0.1) is 10.1 Å². The molecule has 0 spiro atoms. The van der Waals surface area contributed by atoms with E-state index in [0.29, 0.717) is 11.3 Å². The number of benzene rings is 2. The van der Waals surface area contributed by atoms with Gasteiger partial charge < -0.3 is 10.1 Å². The number of methoxy groups -OCH3 is 1. The average molecular weight is 419 g/mol. The van der Waals surface area contributed by atoms with E-state index in [1.807, 2.05) is 0 Å². The molecule has 2 aromatic rings. The van der Waals surface area contributed by atoms with Gasteiger partial charge in [-0.3, -0.25) is 14.9 Å². The van der Waals surface area contributed by atoms with E-state index in [2.05, 4.69) is 10.0 Å². The highest BCUT2D eigenvalue weighted by Gasteiger charge is 2.18. The van der Waals surface area contributed by atoms with E-state index in [4.69, 9.17) is 4.74 Å². The number of rotatable bonds is 8.